The maximum Gasteiger partial charge on any atom is 0.360 e. The Morgan fingerprint density at radius 1 is 1.04 bits per heavy atom. The van der Waals surface area contributed by atoms with Crippen LogP contribution in [-0.4, -0.2) is 34.3 Å². The minimum absolute atomic E-state index is 0.0549. The molecule has 8 heteroatoms. The lowest BCUT2D eigenvalue weighted by Gasteiger charge is -2.11. The Bertz CT molecular complexity index is 904. The van der Waals surface area contributed by atoms with Gasteiger partial charge in [-0.2, -0.15) is 8.42 Å². The largest absolute Gasteiger partial charge is 0.464 e. The third kappa shape index (κ3) is 4.68. The minimum Gasteiger partial charge on any atom is -0.464 e. The van der Waals surface area contributed by atoms with Gasteiger partial charge in [0.15, 0.2) is 5.71 Å². The van der Waals surface area contributed by atoms with Crippen molar-refractivity contribution in [3.63, 3.8) is 0 Å². The number of carbonyl (C=O) groups excluding carboxylic acids is 1. The molecule has 2 aromatic carbocycles. The van der Waals surface area contributed by atoms with Crippen molar-refractivity contribution in [2.45, 2.75) is 18.4 Å². The van der Waals surface area contributed by atoms with Gasteiger partial charge in [0.05, 0.1) is 18.6 Å². The molecule has 0 aliphatic rings. The van der Waals surface area contributed by atoms with E-state index in [9.17, 15) is 13.2 Å². The van der Waals surface area contributed by atoms with E-state index in [4.69, 9.17) is 13.8 Å². The smallest absolute Gasteiger partial charge is 0.360 e. The van der Waals surface area contributed by atoms with Gasteiger partial charge in [0.25, 0.3) is 10.1 Å². The van der Waals surface area contributed by atoms with Crippen LogP contribution in [0.4, 0.5) is 0 Å². The average molecular weight is 377 g/mol. The van der Waals surface area contributed by atoms with E-state index in [0.29, 0.717) is 11.1 Å². The highest BCUT2D eigenvalue weighted by Gasteiger charge is 2.21. The number of aryl methyl sites for hydroxylation is 1. The molecule has 26 heavy (non-hydrogen) atoms. The first-order chi connectivity index (χ1) is 12.4. The van der Waals surface area contributed by atoms with Gasteiger partial charge in [-0.15, -0.1) is 0 Å². The summed E-state index contributed by atoms with van der Waals surface area (Å²) in [5, 5.41) is 3.68. The lowest BCUT2D eigenvalue weighted by Crippen LogP contribution is -2.20. The van der Waals surface area contributed by atoms with Crippen LogP contribution in [0.2, 0.25) is 0 Å². The number of hydrogen-bond donors (Lipinski definition) is 0. The Kier molecular flexibility index (Phi) is 6.48. The Balaban J connectivity index is 2.29. The number of carbonyl (C=O) groups is 1. The van der Waals surface area contributed by atoms with Gasteiger partial charge < -0.3 is 9.57 Å². The van der Waals surface area contributed by atoms with E-state index < -0.39 is 16.1 Å². The van der Waals surface area contributed by atoms with E-state index in [0.717, 1.165) is 5.56 Å². The number of benzene rings is 2. The zero-order valence-electron chi connectivity index (χ0n) is 14.6. The van der Waals surface area contributed by atoms with Gasteiger partial charge in [0.2, 0.25) is 0 Å². The molecule has 0 aliphatic heterocycles. The zero-order valence-corrected chi connectivity index (χ0v) is 15.4. The number of rotatable bonds is 7. The molecule has 7 nitrogen and oxygen atoms in total. The van der Waals surface area contributed by atoms with Crippen molar-refractivity contribution in [1.82, 2.24) is 0 Å². The van der Waals surface area contributed by atoms with Gasteiger partial charge >= 0.3 is 5.97 Å². The maximum atomic E-state index is 12.3. The number of ether oxygens (including phenoxy) is 1. The number of hydrogen-bond acceptors (Lipinski definition) is 7. The molecule has 0 aliphatic carbocycles. The Labute approximate surface area is 152 Å². The summed E-state index contributed by atoms with van der Waals surface area (Å²) in [6, 6.07) is 12.9. The Hall–Kier alpha value is -2.71. The molecule has 0 heterocycles. The van der Waals surface area contributed by atoms with Crippen LogP contribution in [0.25, 0.3) is 0 Å². The SMILES string of the molecule is CO/N=C(/C(=O)OC)c1ccccc1COS(=O)(=O)c1ccc(C)cc1. The summed E-state index contributed by atoms with van der Waals surface area (Å²) < 4.78 is 34.5. The van der Waals surface area contributed by atoms with Gasteiger partial charge in [0, 0.05) is 5.56 Å². The second-order valence-electron chi connectivity index (χ2n) is 5.30. The monoisotopic (exact) mass is 377 g/mol. The van der Waals surface area contributed by atoms with Crippen molar-refractivity contribution in [2.24, 2.45) is 5.16 Å². The molecule has 0 spiro atoms. The van der Waals surface area contributed by atoms with Crippen LogP contribution in [0.5, 0.6) is 0 Å². The van der Waals surface area contributed by atoms with Crippen LogP contribution in [0, 0.1) is 6.92 Å². The van der Waals surface area contributed by atoms with E-state index in [2.05, 4.69) is 5.16 Å². The van der Waals surface area contributed by atoms with E-state index in [1.165, 1.54) is 26.4 Å². The highest BCUT2D eigenvalue weighted by Crippen LogP contribution is 2.18. The van der Waals surface area contributed by atoms with Gasteiger partial charge in [-0.25, -0.2) is 4.79 Å². The third-order valence-electron chi connectivity index (χ3n) is 3.51. The normalized spacial score (nSPS) is 11.9. The highest BCUT2D eigenvalue weighted by atomic mass is 32.2. The van der Waals surface area contributed by atoms with Gasteiger partial charge in [-0.3, -0.25) is 4.18 Å². The predicted molar refractivity (Wildman–Crippen MR) is 95.2 cm³/mol. The molecule has 0 bridgehead atoms. The van der Waals surface area contributed by atoms with Crippen molar-refractivity contribution in [1.29, 1.82) is 0 Å². The Morgan fingerprint density at radius 3 is 2.31 bits per heavy atom. The first kappa shape index (κ1) is 19.6. The summed E-state index contributed by atoms with van der Waals surface area (Å²) >= 11 is 0. The molecule has 0 radical (unpaired) electrons. The molecule has 2 rings (SSSR count). The van der Waals surface area contributed by atoms with Gasteiger partial charge in [-0.05, 0) is 24.6 Å². The summed E-state index contributed by atoms with van der Waals surface area (Å²) in [5.41, 5.74) is 1.67. The summed E-state index contributed by atoms with van der Waals surface area (Å²) in [5.74, 6) is -0.708. The molecule has 138 valence electrons. The van der Waals surface area contributed by atoms with Crippen LogP contribution in [-0.2, 0) is 35.3 Å². The first-order valence-corrected chi connectivity index (χ1v) is 9.03. The molecule has 0 saturated carbocycles. The first-order valence-electron chi connectivity index (χ1n) is 7.63. The quantitative estimate of drug-likeness (QED) is 0.318. The summed E-state index contributed by atoms with van der Waals surface area (Å²) in [7, 11) is -1.43. The molecular formula is C18H19NO6S. The van der Waals surface area contributed by atoms with E-state index in [-0.39, 0.29) is 17.2 Å². The lowest BCUT2D eigenvalue weighted by atomic mass is 10.0. The summed E-state index contributed by atoms with van der Waals surface area (Å²) in [6.45, 7) is 1.59. The van der Waals surface area contributed by atoms with Crippen molar-refractivity contribution >= 4 is 21.8 Å². The van der Waals surface area contributed by atoms with Crippen LogP contribution in [0.1, 0.15) is 16.7 Å². The second-order valence-corrected chi connectivity index (χ2v) is 6.92. The average Bonchev–Trinajstić information content (AvgIpc) is 2.64. The summed E-state index contributed by atoms with van der Waals surface area (Å²) in [6.07, 6.45) is 0. The van der Waals surface area contributed by atoms with Gasteiger partial charge in [-0.1, -0.05) is 47.1 Å². The fraction of sp³-hybridized carbons (Fsp3) is 0.222. The maximum absolute atomic E-state index is 12.3. The number of methoxy groups -OCH3 is 1. The molecule has 0 aromatic heterocycles. The van der Waals surface area contributed by atoms with Gasteiger partial charge in [0.1, 0.15) is 7.11 Å². The molecule has 0 N–H and O–H groups in total. The minimum atomic E-state index is -3.94. The fourth-order valence-corrected chi connectivity index (χ4v) is 3.06. The van der Waals surface area contributed by atoms with Crippen molar-refractivity contribution in [3.8, 4) is 0 Å². The predicted octanol–water partition coefficient (Wildman–Crippen LogP) is 2.42. The third-order valence-corrected chi connectivity index (χ3v) is 4.79. The topological polar surface area (TPSA) is 91.3 Å². The van der Waals surface area contributed by atoms with Crippen LogP contribution in [0.3, 0.4) is 0 Å². The molecular weight excluding hydrogens is 358 g/mol. The number of esters is 1. The second kappa shape index (κ2) is 8.59. The molecule has 0 fully saturated rings. The molecule has 0 amide bonds. The number of nitrogens with zero attached hydrogens (tertiary/aromatic N) is 1. The van der Waals surface area contributed by atoms with Crippen molar-refractivity contribution in [2.75, 3.05) is 14.2 Å². The van der Waals surface area contributed by atoms with E-state index in [1.807, 2.05) is 6.92 Å². The fourth-order valence-electron chi connectivity index (χ4n) is 2.18. The van der Waals surface area contributed by atoms with Crippen molar-refractivity contribution < 1.29 is 27.0 Å². The van der Waals surface area contributed by atoms with E-state index >= 15 is 0 Å². The molecule has 2 aromatic rings. The van der Waals surface area contributed by atoms with Crippen LogP contribution < -0.4 is 0 Å². The zero-order chi connectivity index (χ0) is 19.2. The highest BCUT2D eigenvalue weighted by molar-refractivity contribution is 7.86. The van der Waals surface area contributed by atoms with Crippen molar-refractivity contribution in [3.05, 3.63) is 65.2 Å². The van der Waals surface area contributed by atoms with E-state index in [1.54, 1.807) is 36.4 Å². The Morgan fingerprint density at radius 2 is 1.69 bits per heavy atom. The number of oxime groups is 1. The standard InChI is InChI=1S/C18H19NO6S/c1-13-8-10-15(11-9-13)26(21,22)25-12-14-6-4-5-7-16(14)17(19-24-3)18(20)23-2/h4-11H,12H2,1-3H3/b19-17+. The molecule has 0 saturated heterocycles. The van der Waals surface area contributed by atoms with Crippen LogP contribution >= 0.6 is 0 Å². The molecule has 0 atom stereocenters. The lowest BCUT2D eigenvalue weighted by molar-refractivity contribution is -0.132. The molecule has 0 unspecified atom stereocenters. The van der Waals surface area contributed by atoms with Crippen LogP contribution in [0.15, 0.2) is 58.6 Å². The summed E-state index contributed by atoms with van der Waals surface area (Å²) in [4.78, 5) is 16.7.